The van der Waals surface area contributed by atoms with Gasteiger partial charge >= 0.3 is 0 Å². The average Bonchev–Trinajstić information content (AvgIpc) is 2.93. The van der Waals surface area contributed by atoms with Crippen molar-refractivity contribution in [3.63, 3.8) is 0 Å². The molecule has 0 radical (unpaired) electrons. The number of sulfonamides is 1. The molecule has 0 amide bonds. The standard InChI is InChI=1S/C19H31N3O2S/c1-4-18(19-9-14-6-15(10-19)8-16(7-14)11-19)21-25(23,24)17-12-22(5-2)20-13(17)3/h12,14-16,18,21H,4-11H2,1-3H3. The number of rotatable bonds is 6. The molecule has 6 heteroatoms. The Morgan fingerprint density at radius 2 is 1.76 bits per heavy atom. The van der Waals surface area contributed by atoms with E-state index in [9.17, 15) is 8.42 Å². The van der Waals surface area contributed by atoms with E-state index in [1.165, 1.54) is 38.5 Å². The first-order valence-corrected chi connectivity index (χ1v) is 11.4. The molecule has 0 aliphatic heterocycles. The van der Waals surface area contributed by atoms with Crippen LogP contribution in [-0.4, -0.2) is 24.2 Å². The number of aryl methyl sites for hydroxylation is 2. The minimum absolute atomic E-state index is 0.0512. The van der Waals surface area contributed by atoms with Crippen LogP contribution in [0.5, 0.6) is 0 Å². The summed E-state index contributed by atoms with van der Waals surface area (Å²) < 4.78 is 31.0. The molecule has 1 aromatic rings. The number of aromatic nitrogens is 2. The second-order valence-electron chi connectivity index (χ2n) is 8.80. The molecule has 140 valence electrons. The predicted molar refractivity (Wildman–Crippen MR) is 97.6 cm³/mol. The molecule has 5 rings (SSSR count). The molecule has 4 fully saturated rings. The van der Waals surface area contributed by atoms with E-state index in [0.717, 1.165) is 24.2 Å². The van der Waals surface area contributed by atoms with E-state index in [2.05, 4.69) is 16.7 Å². The maximum Gasteiger partial charge on any atom is 0.244 e. The van der Waals surface area contributed by atoms with Gasteiger partial charge in [-0.2, -0.15) is 5.10 Å². The third-order valence-electron chi connectivity index (χ3n) is 7.05. The topological polar surface area (TPSA) is 64.0 Å². The SMILES string of the molecule is CCC(NS(=O)(=O)c1cn(CC)nc1C)C12CC3CC(CC(C3)C1)C2. The minimum atomic E-state index is -3.52. The fourth-order valence-corrected chi connectivity index (χ4v) is 8.03. The molecule has 1 aromatic heterocycles. The van der Waals surface area contributed by atoms with Crippen LogP contribution in [0.2, 0.25) is 0 Å². The van der Waals surface area contributed by atoms with Crippen LogP contribution in [0.3, 0.4) is 0 Å². The van der Waals surface area contributed by atoms with Gasteiger partial charge in [-0.25, -0.2) is 13.1 Å². The van der Waals surface area contributed by atoms with E-state index in [0.29, 0.717) is 17.1 Å². The van der Waals surface area contributed by atoms with Crippen LogP contribution in [0.1, 0.15) is 64.5 Å². The Kier molecular flexibility index (Phi) is 4.27. The van der Waals surface area contributed by atoms with E-state index in [-0.39, 0.29) is 11.5 Å². The van der Waals surface area contributed by atoms with Crippen LogP contribution in [0, 0.1) is 30.1 Å². The molecule has 4 saturated carbocycles. The molecule has 25 heavy (non-hydrogen) atoms. The molecule has 4 bridgehead atoms. The van der Waals surface area contributed by atoms with Gasteiger partial charge in [-0.15, -0.1) is 0 Å². The first-order chi connectivity index (χ1) is 11.8. The van der Waals surface area contributed by atoms with Gasteiger partial charge in [-0.05, 0) is 82.0 Å². The highest BCUT2D eigenvalue weighted by atomic mass is 32.2. The number of hydrogen-bond donors (Lipinski definition) is 1. The summed E-state index contributed by atoms with van der Waals surface area (Å²) in [7, 11) is -3.52. The van der Waals surface area contributed by atoms with Gasteiger partial charge in [0.15, 0.2) is 0 Å². The lowest BCUT2D eigenvalue weighted by molar-refractivity contribution is -0.0704. The van der Waals surface area contributed by atoms with E-state index in [1.807, 2.05) is 6.92 Å². The van der Waals surface area contributed by atoms with Crippen molar-refractivity contribution in [2.75, 3.05) is 0 Å². The van der Waals surface area contributed by atoms with E-state index >= 15 is 0 Å². The summed E-state index contributed by atoms with van der Waals surface area (Å²) in [4.78, 5) is 0.345. The summed E-state index contributed by atoms with van der Waals surface area (Å²) in [5, 5.41) is 4.32. The van der Waals surface area contributed by atoms with Gasteiger partial charge < -0.3 is 0 Å². The van der Waals surface area contributed by atoms with Crippen molar-refractivity contribution in [3.05, 3.63) is 11.9 Å². The summed E-state index contributed by atoms with van der Waals surface area (Å²) in [5.74, 6) is 2.48. The van der Waals surface area contributed by atoms with Crippen LogP contribution in [0.4, 0.5) is 0 Å². The van der Waals surface area contributed by atoms with Crippen molar-refractivity contribution in [1.29, 1.82) is 0 Å². The first kappa shape index (κ1) is 17.5. The zero-order valence-electron chi connectivity index (χ0n) is 15.7. The minimum Gasteiger partial charge on any atom is -0.271 e. The van der Waals surface area contributed by atoms with Gasteiger partial charge in [0, 0.05) is 18.8 Å². The Morgan fingerprint density at radius 1 is 1.20 bits per heavy atom. The maximum atomic E-state index is 13.1. The number of hydrogen-bond acceptors (Lipinski definition) is 3. The highest BCUT2D eigenvalue weighted by Crippen LogP contribution is 2.61. The number of nitrogens with one attached hydrogen (secondary N) is 1. The molecular weight excluding hydrogens is 334 g/mol. The summed E-state index contributed by atoms with van der Waals surface area (Å²) in [6.45, 7) is 6.57. The quantitative estimate of drug-likeness (QED) is 0.839. The van der Waals surface area contributed by atoms with E-state index in [1.54, 1.807) is 17.8 Å². The van der Waals surface area contributed by atoms with Crippen LogP contribution in [0.15, 0.2) is 11.1 Å². The molecule has 4 aliphatic rings. The van der Waals surface area contributed by atoms with Crippen LogP contribution >= 0.6 is 0 Å². The van der Waals surface area contributed by atoms with Crippen molar-refractivity contribution in [3.8, 4) is 0 Å². The lowest BCUT2D eigenvalue weighted by atomic mass is 9.47. The summed E-state index contributed by atoms with van der Waals surface area (Å²) in [5.41, 5.74) is 0.778. The molecule has 0 spiro atoms. The smallest absolute Gasteiger partial charge is 0.244 e. The highest BCUT2D eigenvalue weighted by molar-refractivity contribution is 7.89. The van der Waals surface area contributed by atoms with Crippen molar-refractivity contribution in [2.45, 2.75) is 83.2 Å². The Labute approximate surface area is 151 Å². The van der Waals surface area contributed by atoms with Crippen molar-refractivity contribution in [1.82, 2.24) is 14.5 Å². The third-order valence-corrected chi connectivity index (χ3v) is 8.62. The molecule has 4 aliphatic carbocycles. The monoisotopic (exact) mass is 365 g/mol. The maximum absolute atomic E-state index is 13.1. The normalized spacial score (nSPS) is 35.2. The van der Waals surface area contributed by atoms with Gasteiger partial charge in [-0.1, -0.05) is 6.92 Å². The summed E-state index contributed by atoms with van der Waals surface area (Å²) in [6.07, 6.45) is 10.3. The second kappa shape index (κ2) is 6.08. The Morgan fingerprint density at radius 3 is 2.20 bits per heavy atom. The van der Waals surface area contributed by atoms with Crippen LogP contribution in [0.25, 0.3) is 0 Å². The van der Waals surface area contributed by atoms with E-state index < -0.39 is 10.0 Å². The molecular formula is C19H31N3O2S. The fourth-order valence-electron chi connectivity index (χ4n) is 6.42. The lowest BCUT2D eigenvalue weighted by Crippen LogP contribution is -2.56. The lowest BCUT2D eigenvalue weighted by Gasteiger charge is -2.59. The zero-order valence-corrected chi connectivity index (χ0v) is 16.5. The molecule has 1 unspecified atom stereocenters. The van der Waals surface area contributed by atoms with Gasteiger partial charge in [0.2, 0.25) is 10.0 Å². The molecule has 1 heterocycles. The molecule has 0 aromatic carbocycles. The first-order valence-electron chi connectivity index (χ1n) is 9.91. The molecule has 1 atom stereocenters. The fraction of sp³-hybridized carbons (Fsp3) is 0.842. The van der Waals surface area contributed by atoms with Crippen molar-refractivity contribution >= 4 is 10.0 Å². The van der Waals surface area contributed by atoms with Gasteiger partial charge in [0.05, 0.1) is 5.69 Å². The Bertz CT molecular complexity index is 717. The number of nitrogens with zero attached hydrogens (tertiary/aromatic N) is 2. The second-order valence-corrected chi connectivity index (χ2v) is 10.5. The van der Waals surface area contributed by atoms with Crippen molar-refractivity contribution < 1.29 is 8.42 Å². The Hall–Kier alpha value is -0.880. The van der Waals surface area contributed by atoms with Gasteiger partial charge in [0.25, 0.3) is 0 Å². The average molecular weight is 366 g/mol. The van der Waals surface area contributed by atoms with Crippen LogP contribution < -0.4 is 4.72 Å². The van der Waals surface area contributed by atoms with Gasteiger partial charge in [0.1, 0.15) is 4.90 Å². The molecule has 0 saturated heterocycles. The van der Waals surface area contributed by atoms with Crippen LogP contribution in [-0.2, 0) is 16.6 Å². The highest BCUT2D eigenvalue weighted by Gasteiger charge is 2.54. The van der Waals surface area contributed by atoms with Crippen molar-refractivity contribution in [2.24, 2.45) is 23.2 Å². The molecule has 5 nitrogen and oxygen atoms in total. The van der Waals surface area contributed by atoms with Gasteiger partial charge in [-0.3, -0.25) is 4.68 Å². The third kappa shape index (κ3) is 2.95. The largest absolute Gasteiger partial charge is 0.271 e. The predicted octanol–water partition coefficient (Wildman–Crippen LogP) is 3.48. The summed E-state index contributed by atoms with van der Waals surface area (Å²) in [6, 6.07) is 0.0512. The summed E-state index contributed by atoms with van der Waals surface area (Å²) >= 11 is 0. The molecule has 1 N–H and O–H groups in total. The Balaban J connectivity index is 1.60. The van der Waals surface area contributed by atoms with E-state index in [4.69, 9.17) is 0 Å². The zero-order chi connectivity index (χ0) is 17.8.